The summed E-state index contributed by atoms with van der Waals surface area (Å²) >= 11 is 0. The second-order valence-corrected chi connectivity index (χ2v) is 4.50. The molecule has 1 atom stereocenters. The summed E-state index contributed by atoms with van der Waals surface area (Å²) in [4.78, 5) is 22.0. The van der Waals surface area contributed by atoms with Crippen LogP contribution in [0.2, 0.25) is 0 Å². The molecule has 0 aromatic carbocycles. The van der Waals surface area contributed by atoms with E-state index in [-0.39, 0.29) is 18.0 Å². The molecule has 1 rings (SSSR count). The third-order valence-corrected chi connectivity index (χ3v) is 2.87. The second kappa shape index (κ2) is 6.59. The van der Waals surface area contributed by atoms with E-state index in [1.807, 2.05) is 0 Å². The van der Waals surface area contributed by atoms with Gasteiger partial charge in [0.1, 0.15) is 5.78 Å². The van der Waals surface area contributed by atoms with Gasteiger partial charge < -0.3 is 9.90 Å². The van der Waals surface area contributed by atoms with E-state index in [1.54, 1.807) is 13.0 Å². The molecule has 16 heavy (non-hydrogen) atoms. The molecule has 3 nitrogen and oxygen atoms in total. The number of carbonyl (C=O) groups is 2. The summed E-state index contributed by atoms with van der Waals surface area (Å²) in [5, 5.41) is 9.24. The summed E-state index contributed by atoms with van der Waals surface area (Å²) in [7, 11) is 0. The Morgan fingerprint density at radius 1 is 1.38 bits per heavy atom. The van der Waals surface area contributed by atoms with Crippen LogP contribution >= 0.6 is 0 Å². The lowest BCUT2D eigenvalue weighted by atomic mass is 10.0. The first-order valence-corrected chi connectivity index (χ1v) is 6.01. The van der Waals surface area contributed by atoms with Gasteiger partial charge in [-0.05, 0) is 37.8 Å². The summed E-state index contributed by atoms with van der Waals surface area (Å²) in [5.74, 6) is 0.341. The molecule has 0 spiro atoms. The minimum Gasteiger partial charge on any atom is -0.389 e. The number of hydrogen-bond acceptors (Lipinski definition) is 3. The topological polar surface area (TPSA) is 54.4 Å². The third kappa shape index (κ3) is 4.71. The molecule has 0 heterocycles. The van der Waals surface area contributed by atoms with Gasteiger partial charge in [0.15, 0.2) is 5.78 Å². The van der Waals surface area contributed by atoms with Gasteiger partial charge >= 0.3 is 0 Å². The highest BCUT2D eigenvalue weighted by molar-refractivity contribution is 5.98. The van der Waals surface area contributed by atoms with E-state index in [9.17, 15) is 14.7 Å². The minimum absolute atomic E-state index is 0.0937. The highest BCUT2D eigenvalue weighted by Crippen LogP contribution is 2.20. The number of carbonyl (C=O) groups excluding carboxylic acids is 2. The largest absolute Gasteiger partial charge is 0.389 e. The van der Waals surface area contributed by atoms with Gasteiger partial charge in [0, 0.05) is 12.8 Å². The Labute approximate surface area is 96.5 Å². The van der Waals surface area contributed by atoms with Crippen LogP contribution in [-0.4, -0.2) is 22.8 Å². The van der Waals surface area contributed by atoms with Crippen molar-refractivity contribution in [2.75, 3.05) is 0 Å². The van der Waals surface area contributed by atoms with Gasteiger partial charge in [-0.2, -0.15) is 0 Å². The number of Topliss-reactive ketones (excluding diaryl/α,β-unsaturated/α-hetero) is 2. The lowest BCUT2D eigenvalue weighted by molar-refractivity contribution is -0.117. The summed E-state index contributed by atoms with van der Waals surface area (Å²) in [6.45, 7) is 1.61. The van der Waals surface area contributed by atoms with E-state index in [2.05, 4.69) is 0 Å². The zero-order valence-electron chi connectivity index (χ0n) is 9.87. The fourth-order valence-corrected chi connectivity index (χ4v) is 1.97. The molecule has 1 aliphatic rings. The van der Waals surface area contributed by atoms with Gasteiger partial charge in [0.2, 0.25) is 0 Å². The van der Waals surface area contributed by atoms with Crippen molar-refractivity contribution in [2.45, 2.75) is 58.0 Å². The number of unbranched alkanes of at least 4 members (excludes halogenated alkanes) is 3. The first-order chi connectivity index (χ1) is 7.59. The standard InChI is InChI=1S/C13H20O3/c1-10(14)6-4-2-3-5-7-11-8-12(15)9-13(11)16/h8,12,15H,2-7,9H2,1H3. The van der Waals surface area contributed by atoms with E-state index in [0.717, 1.165) is 37.7 Å². The number of rotatable bonds is 7. The van der Waals surface area contributed by atoms with Crippen LogP contribution in [0.1, 0.15) is 51.9 Å². The Balaban J connectivity index is 2.05. The lowest BCUT2D eigenvalue weighted by Crippen LogP contribution is -2.01. The molecule has 0 fully saturated rings. The average Bonchev–Trinajstić information content (AvgIpc) is 2.50. The van der Waals surface area contributed by atoms with Gasteiger partial charge in [-0.3, -0.25) is 4.79 Å². The molecule has 1 N–H and O–H groups in total. The van der Waals surface area contributed by atoms with Crippen molar-refractivity contribution in [3.05, 3.63) is 11.6 Å². The van der Waals surface area contributed by atoms with Gasteiger partial charge in [0.25, 0.3) is 0 Å². The van der Waals surface area contributed by atoms with Crippen LogP contribution in [0, 0.1) is 0 Å². The average molecular weight is 224 g/mol. The number of ketones is 2. The Morgan fingerprint density at radius 2 is 2.06 bits per heavy atom. The Morgan fingerprint density at radius 3 is 2.62 bits per heavy atom. The maximum absolute atomic E-state index is 11.3. The summed E-state index contributed by atoms with van der Waals surface area (Å²) in [5.41, 5.74) is 0.791. The Bertz CT molecular complexity index is 292. The van der Waals surface area contributed by atoms with Crippen molar-refractivity contribution in [3.63, 3.8) is 0 Å². The number of aliphatic hydroxyl groups is 1. The quantitative estimate of drug-likeness (QED) is 0.674. The van der Waals surface area contributed by atoms with E-state index in [0.29, 0.717) is 6.42 Å². The Hall–Kier alpha value is -0.960. The maximum atomic E-state index is 11.3. The number of hydrogen-bond donors (Lipinski definition) is 1. The van der Waals surface area contributed by atoms with Crippen molar-refractivity contribution in [1.29, 1.82) is 0 Å². The van der Waals surface area contributed by atoms with Crippen molar-refractivity contribution >= 4 is 11.6 Å². The zero-order chi connectivity index (χ0) is 12.0. The SMILES string of the molecule is CC(=O)CCCCCCC1=CC(O)CC1=O. The summed E-state index contributed by atoms with van der Waals surface area (Å²) < 4.78 is 0. The van der Waals surface area contributed by atoms with Crippen LogP contribution in [0.3, 0.4) is 0 Å². The van der Waals surface area contributed by atoms with Crippen LogP contribution in [0.5, 0.6) is 0 Å². The fraction of sp³-hybridized carbons (Fsp3) is 0.692. The fourth-order valence-electron chi connectivity index (χ4n) is 1.97. The van der Waals surface area contributed by atoms with E-state index in [1.165, 1.54) is 0 Å². The van der Waals surface area contributed by atoms with Crippen molar-refractivity contribution < 1.29 is 14.7 Å². The highest BCUT2D eigenvalue weighted by atomic mass is 16.3. The molecule has 0 bridgehead atoms. The van der Waals surface area contributed by atoms with Gasteiger partial charge in [-0.1, -0.05) is 12.8 Å². The molecule has 1 aliphatic carbocycles. The van der Waals surface area contributed by atoms with E-state index < -0.39 is 6.10 Å². The second-order valence-electron chi connectivity index (χ2n) is 4.50. The summed E-state index contributed by atoms with van der Waals surface area (Å²) in [6.07, 6.45) is 6.85. The normalized spacial score (nSPS) is 20.0. The lowest BCUT2D eigenvalue weighted by Gasteiger charge is -2.00. The van der Waals surface area contributed by atoms with Crippen LogP contribution in [0.4, 0.5) is 0 Å². The molecular formula is C13H20O3. The molecule has 1 unspecified atom stereocenters. The zero-order valence-corrected chi connectivity index (χ0v) is 9.87. The molecule has 0 amide bonds. The number of aliphatic hydroxyl groups excluding tert-OH is 1. The number of allylic oxidation sites excluding steroid dienone is 1. The maximum Gasteiger partial charge on any atom is 0.161 e. The third-order valence-electron chi connectivity index (χ3n) is 2.87. The monoisotopic (exact) mass is 224 g/mol. The van der Waals surface area contributed by atoms with Crippen LogP contribution < -0.4 is 0 Å². The Kier molecular flexibility index (Phi) is 5.39. The molecule has 0 aromatic heterocycles. The van der Waals surface area contributed by atoms with Crippen molar-refractivity contribution in [2.24, 2.45) is 0 Å². The predicted molar refractivity (Wildman–Crippen MR) is 62.1 cm³/mol. The molecule has 90 valence electrons. The molecule has 0 aromatic rings. The van der Waals surface area contributed by atoms with Crippen LogP contribution in [0.15, 0.2) is 11.6 Å². The van der Waals surface area contributed by atoms with Crippen molar-refractivity contribution in [3.8, 4) is 0 Å². The smallest absolute Gasteiger partial charge is 0.161 e. The molecule has 0 radical (unpaired) electrons. The predicted octanol–water partition coefficient (Wildman–Crippen LogP) is 2.18. The molecule has 0 saturated heterocycles. The molecule has 0 aliphatic heterocycles. The van der Waals surface area contributed by atoms with Gasteiger partial charge in [0.05, 0.1) is 6.10 Å². The first-order valence-electron chi connectivity index (χ1n) is 6.01. The molecule has 0 saturated carbocycles. The van der Waals surface area contributed by atoms with E-state index in [4.69, 9.17) is 0 Å². The van der Waals surface area contributed by atoms with Crippen LogP contribution in [0.25, 0.3) is 0 Å². The molecule has 3 heteroatoms. The minimum atomic E-state index is -0.555. The van der Waals surface area contributed by atoms with Gasteiger partial charge in [-0.25, -0.2) is 0 Å². The van der Waals surface area contributed by atoms with E-state index >= 15 is 0 Å². The van der Waals surface area contributed by atoms with Crippen molar-refractivity contribution in [1.82, 2.24) is 0 Å². The highest BCUT2D eigenvalue weighted by Gasteiger charge is 2.21. The van der Waals surface area contributed by atoms with Gasteiger partial charge in [-0.15, -0.1) is 0 Å². The first kappa shape index (κ1) is 13.1. The van der Waals surface area contributed by atoms with Crippen LogP contribution in [-0.2, 0) is 9.59 Å². The summed E-state index contributed by atoms with van der Waals surface area (Å²) in [6, 6.07) is 0. The molecular weight excluding hydrogens is 204 g/mol.